The Hall–Kier alpha value is -1.63. The van der Waals surface area contributed by atoms with E-state index >= 15 is 0 Å². The summed E-state index contributed by atoms with van der Waals surface area (Å²) in [7, 11) is 0. The van der Waals surface area contributed by atoms with Gasteiger partial charge in [0.1, 0.15) is 0 Å². The van der Waals surface area contributed by atoms with E-state index in [4.69, 9.17) is 27.2 Å². The second kappa shape index (κ2) is 5.56. The van der Waals surface area contributed by atoms with Crippen LogP contribution in [0.5, 0.6) is 0 Å². The van der Waals surface area contributed by atoms with Crippen LogP contribution in [0.15, 0.2) is 18.2 Å². The first kappa shape index (κ1) is 13.8. The highest BCUT2D eigenvalue weighted by molar-refractivity contribution is 6.33. The zero-order valence-corrected chi connectivity index (χ0v) is 10.7. The largest absolute Gasteiger partial charge is 0.478 e. The Labute approximate surface area is 114 Å². The third-order valence-electron chi connectivity index (χ3n) is 2.93. The van der Waals surface area contributed by atoms with Gasteiger partial charge in [-0.05, 0) is 18.2 Å². The fourth-order valence-corrected chi connectivity index (χ4v) is 2.04. The van der Waals surface area contributed by atoms with Gasteiger partial charge in [0.15, 0.2) is 0 Å². The monoisotopic (exact) mass is 284 g/mol. The quantitative estimate of drug-likeness (QED) is 0.767. The van der Waals surface area contributed by atoms with Gasteiger partial charge in [0.2, 0.25) is 5.91 Å². The Kier molecular flexibility index (Phi) is 4.04. The van der Waals surface area contributed by atoms with Gasteiger partial charge in [0.05, 0.1) is 29.7 Å². The van der Waals surface area contributed by atoms with Gasteiger partial charge in [-0.15, -0.1) is 0 Å². The predicted octanol–water partition coefficient (Wildman–Crippen LogP) is 0.950. The highest BCUT2D eigenvalue weighted by Gasteiger charge is 2.31. The second-order valence-corrected chi connectivity index (χ2v) is 4.70. The highest BCUT2D eigenvalue weighted by Crippen LogP contribution is 2.22. The van der Waals surface area contributed by atoms with Gasteiger partial charge < -0.3 is 20.9 Å². The second-order valence-electron chi connectivity index (χ2n) is 4.30. The van der Waals surface area contributed by atoms with Crippen molar-refractivity contribution in [1.82, 2.24) is 0 Å². The van der Waals surface area contributed by atoms with Crippen LogP contribution in [0.2, 0.25) is 5.02 Å². The maximum Gasteiger partial charge on any atom is 0.337 e. The molecule has 1 fully saturated rings. The van der Waals surface area contributed by atoms with E-state index in [0.29, 0.717) is 12.3 Å². The number of amides is 1. The molecule has 0 aromatic heterocycles. The van der Waals surface area contributed by atoms with Gasteiger partial charge in [-0.25, -0.2) is 4.79 Å². The molecule has 1 aromatic rings. The van der Waals surface area contributed by atoms with Gasteiger partial charge in [-0.2, -0.15) is 0 Å². The summed E-state index contributed by atoms with van der Waals surface area (Å²) in [5.41, 5.74) is 6.04. The molecular weight excluding hydrogens is 272 g/mol. The first-order valence-electron chi connectivity index (χ1n) is 5.66. The van der Waals surface area contributed by atoms with Crippen molar-refractivity contribution in [2.24, 2.45) is 11.7 Å². The van der Waals surface area contributed by atoms with E-state index in [0.717, 1.165) is 0 Å². The third kappa shape index (κ3) is 3.04. The van der Waals surface area contributed by atoms with Crippen LogP contribution < -0.4 is 11.1 Å². The minimum absolute atomic E-state index is 0.0635. The van der Waals surface area contributed by atoms with Crippen LogP contribution in [0.1, 0.15) is 10.4 Å². The van der Waals surface area contributed by atoms with Crippen molar-refractivity contribution in [2.75, 3.05) is 18.5 Å². The number of hydrogen-bond acceptors (Lipinski definition) is 4. The maximum absolute atomic E-state index is 11.9. The van der Waals surface area contributed by atoms with Gasteiger partial charge >= 0.3 is 5.97 Å². The molecule has 2 unspecified atom stereocenters. The molecule has 7 heteroatoms. The van der Waals surface area contributed by atoms with Crippen molar-refractivity contribution in [3.05, 3.63) is 28.8 Å². The standard InChI is InChI=1S/C12H13ClN2O4/c13-9-2-1-6(3-7(9)12(17)18)15-11(16)8-4-19-5-10(8)14/h1-3,8,10H,4-5,14H2,(H,15,16)(H,17,18). The number of anilines is 1. The van der Waals surface area contributed by atoms with Crippen LogP contribution in [0, 0.1) is 5.92 Å². The summed E-state index contributed by atoms with van der Waals surface area (Å²) in [6.07, 6.45) is 0. The zero-order chi connectivity index (χ0) is 14.0. The van der Waals surface area contributed by atoms with Crippen molar-refractivity contribution < 1.29 is 19.4 Å². The molecule has 1 aliphatic heterocycles. The Balaban J connectivity index is 2.13. The number of carbonyl (C=O) groups is 2. The molecule has 2 rings (SSSR count). The van der Waals surface area contributed by atoms with Crippen molar-refractivity contribution in [1.29, 1.82) is 0 Å². The number of hydrogen-bond donors (Lipinski definition) is 3. The average molecular weight is 285 g/mol. The van der Waals surface area contributed by atoms with Crippen LogP contribution in [-0.2, 0) is 9.53 Å². The minimum Gasteiger partial charge on any atom is -0.478 e. The number of aromatic carboxylic acids is 1. The van der Waals surface area contributed by atoms with E-state index in [9.17, 15) is 9.59 Å². The SMILES string of the molecule is NC1COCC1C(=O)Nc1ccc(Cl)c(C(=O)O)c1. The fraction of sp³-hybridized carbons (Fsp3) is 0.333. The summed E-state index contributed by atoms with van der Waals surface area (Å²) >= 11 is 5.74. The molecule has 1 aliphatic rings. The summed E-state index contributed by atoms with van der Waals surface area (Å²) in [6.45, 7) is 0.617. The zero-order valence-electron chi connectivity index (χ0n) is 9.93. The Morgan fingerprint density at radius 2 is 2.16 bits per heavy atom. The number of benzene rings is 1. The number of halogens is 1. The normalized spacial score (nSPS) is 22.2. The number of carboxylic acids is 1. The van der Waals surface area contributed by atoms with Gasteiger partial charge in [0.25, 0.3) is 0 Å². The summed E-state index contributed by atoms with van der Waals surface area (Å²) in [5, 5.41) is 11.7. The van der Waals surface area contributed by atoms with Gasteiger partial charge in [-0.1, -0.05) is 11.6 Å². The van der Waals surface area contributed by atoms with Crippen LogP contribution in [0.25, 0.3) is 0 Å². The Morgan fingerprint density at radius 1 is 1.42 bits per heavy atom. The lowest BCUT2D eigenvalue weighted by Gasteiger charge is -2.13. The summed E-state index contributed by atoms with van der Waals surface area (Å²) in [6, 6.07) is 3.93. The smallest absolute Gasteiger partial charge is 0.337 e. The van der Waals surface area contributed by atoms with Crippen LogP contribution in [0.4, 0.5) is 5.69 Å². The van der Waals surface area contributed by atoms with Crippen LogP contribution >= 0.6 is 11.6 Å². The molecule has 1 heterocycles. The summed E-state index contributed by atoms with van der Waals surface area (Å²) in [5.74, 6) is -1.87. The van der Waals surface area contributed by atoms with Crippen molar-refractivity contribution in [3.8, 4) is 0 Å². The van der Waals surface area contributed by atoms with E-state index in [-0.39, 0.29) is 29.1 Å². The highest BCUT2D eigenvalue weighted by atomic mass is 35.5. The lowest BCUT2D eigenvalue weighted by atomic mass is 10.0. The molecule has 19 heavy (non-hydrogen) atoms. The van der Waals surface area contributed by atoms with Crippen molar-refractivity contribution in [3.63, 3.8) is 0 Å². The van der Waals surface area contributed by atoms with E-state index in [1.165, 1.54) is 18.2 Å². The number of carboxylic acid groups (broad SMARTS) is 1. The molecule has 0 bridgehead atoms. The number of nitrogens with one attached hydrogen (secondary N) is 1. The number of carbonyl (C=O) groups excluding carboxylic acids is 1. The molecule has 0 aliphatic carbocycles. The molecule has 4 N–H and O–H groups in total. The summed E-state index contributed by atoms with van der Waals surface area (Å²) in [4.78, 5) is 22.9. The molecule has 0 saturated carbocycles. The number of rotatable bonds is 3. The molecule has 2 atom stereocenters. The fourth-order valence-electron chi connectivity index (χ4n) is 1.84. The summed E-state index contributed by atoms with van der Waals surface area (Å²) < 4.78 is 5.11. The van der Waals surface area contributed by atoms with Crippen molar-refractivity contribution >= 4 is 29.2 Å². The number of ether oxygens (including phenoxy) is 1. The van der Waals surface area contributed by atoms with Gasteiger partial charge in [0, 0.05) is 11.7 Å². The lowest BCUT2D eigenvalue weighted by Crippen LogP contribution is -2.37. The van der Waals surface area contributed by atoms with E-state index in [2.05, 4.69) is 5.32 Å². The minimum atomic E-state index is -1.15. The first-order chi connectivity index (χ1) is 8.99. The van der Waals surface area contributed by atoms with Crippen molar-refractivity contribution in [2.45, 2.75) is 6.04 Å². The first-order valence-corrected chi connectivity index (χ1v) is 6.04. The molecule has 1 saturated heterocycles. The lowest BCUT2D eigenvalue weighted by molar-refractivity contribution is -0.120. The Morgan fingerprint density at radius 3 is 2.74 bits per heavy atom. The van der Waals surface area contributed by atoms with E-state index in [1.54, 1.807) is 0 Å². The molecule has 6 nitrogen and oxygen atoms in total. The maximum atomic E-state index is 11.9. The van der Waals surface area contributed by atoms with E-state index in [1.807, 2.05) is 0 Å². The molecule has 0 spiro atoms. The molecule has 1 aromatic carbocycles. The molecule has 0 radical (unpaired) electrons. The number of nitrogens with two attached hydrogens (primary N) is 1. The molecule has 1 amide bonds. The predicted molar refractivity (Wildman–Crippen MR) is 69.3 cm³/mol. The van der Waals surface area contributed by atoms with E-state index < -0.39 is 11.9 Å². The third-order valence-corrected chi connectivity index (χ3v) is 3.26. The molecular formula is C12H13ClN2O4. The van der Waals surface area contributed by atoms with Gasteiger partial charge in [-0.3, -0.25) is 4.79 Å². The van der Waals surface area contributed by atoms with Crippen LogP contribution in [0.3, 0.4) is 0 Å². The van der Waals surface area contributed by atoms with Crippen LogP contribution in [-0.4, -0.2) is 36.2 Å². The average Bonchev–Trinajstić information content (AvgIpc) is 2.77. The molecule has 102 valence electrons. The topological polar surface area (TPSA) is 102 Å². The Bertz CT molecular complexity index is 520.